The first-order valence-corrected chi connectivity index (χ1v) is 18.2. The summed E-state index contributed by atoms with van der Waals surface area (Å²) in [5, 5.41) is 4.79. The molecule has 0 amide bonds. The second-order valence-corrected chi connectivity index (χ2v) is 14.5. The van der Waals surface area contributed by atoms with Gasteiger partial charge in [-0.2, -0.15) is 9.13 Å². The van der Waals surface area contributed by atoms with Crippen molar-refractivity contribution in [1.29, 1.82) is 0 Å². The predicted octanol–water partition coefficient (Wildman–Crippen LogP) is 8.96. The maximum Gasteiger partial charge on any atom is 0.397 e. The van der Waals surface area contributed by atoms with Crippen LogP contribution in [0.25, 0.3) is 72.1 Å². The third kappa shape index (κ3) is 3.02. The van der Waals surface area contributed by atoms with Gasteiger partial charge in [0, 0.05) is 46.4 Å². The summed E-state index contributed by atoms with van der Waals surface area (Å²) in [6.07, 6.45) is 4.31. The van der Waals surface area contributed by atoms with E-state index in [4.69, 9.17) is 9.72 Å². The van der Waals surface area contributed by atoms with E-state index >= 15 is 0 Å². The molecule has 0 radical (unpaired) electrons. The van der Waals surface area contributed by atoms with Crippen molar-refractivity contribution < 1.29 is 14.0 Å². The molecule has 1 spiro atoms. The zero-order valence-electron chi connectivity index (χ0n) is 28.9. The van der Waals surface area contributed by atoms with Crippen molar-refractivity contribution in [3.05, 3.63) is 168 Å². The van der Waals surface area contributed by atoms with E-state index in [1.54, 1.807) is 0 Å². The predicted molar refractivity (Wildman–Crippen MR) is 206 cm³/mol. The van der Waals surface area contributed by atoms with Gasteiger partial charge in [0.15, 0.2) is 11.1 Å². The van der Waals surface area contributed by atoms with Crippen molar-refractivity contribution in [3.63, 3.8) is 0 Å². The molecule has 7 nitrogen and oxygen atoms in total. The second-order valence-electron chi connectivity index (χ2n) is 14.5. The molecule has 0 fully saturated rings. The van der Waals surface area contributed by atoms with Crippen molar-refractivity contribution >= 4 is 43.6 Å². The van der Waals surface area contributed by atoms with Crippen LogP contribution in [0.4, 0.5) is 0 Å². The summed E-state index contributed by atoms with van der Waals surface area (Å²) in [6.45, 7) is 4.50. The minimum absolute atomic E-state index is 0.754. The average molecular weight is 683 g/mol. The van der Waals surface area contributed by atoms with Gasteiger partial charge in [-0.05, 0) is 73.7 Å². The van der Waals surface area contributed by atoms with Crippen LogP contribution in [0.15, 0.2) is 146 Å². The molecule has 248 valence electrons. The van der Waals surface area contributed by atoms with Crippen LogP contribution in [0.2, 0.25) is 0 Å². The van der Waals surface area contributed by atoms with Gasteiger partial charge >= 0.3 is 5.66 Å². The van der Waals surface area contributed by atoms with Gasteiger partial charge in [0.25, 0.3) is 5.82 Å². The quantitative estimate of drug-likeness (QED) is 0.171. The lowest BCUT2D eigenvalue weighted by molar-refractivity contribution is -0.995. The summed E-state index contributed by atoms with van der Waals surface area (Å²) in [7, 11) is 0. The fourth-order valence-corrected chi connectivity index (χ4v) is 10.2. The summed E-state index contributed by atoms with van der Waals surface area (Å²) in [6, 6.07) is 47.8. The third-order valence-corrected chi connectivity index (χ3v) is 12.1. The van der Waals surface area contributed by atoms with E-state index in [2.05, 4.69) is 183 Å². The number of fused-ring (bicyclic) bond motifs is 10. The van der Waals surface area contributed by atoms with Gasteiger partial charge in [-0.1, -0.05) is 65.3 Å². The van der Waals surface area contributed by atoms with Crippen molar-refractivity contribution in [3.8, 4) is 39.9 Å². The van der Waals surface area contributed by atoms with Crippen molar-refractivity contribution in [2.75, 3.05) is 0 Å². The fourth-order valence-electron chi connectivity index (χ4n) is 10.2. The third-order valence-electron chi connectivity index (χ3n) is 12.1. The van der Waals surface area contributed by atoms with Gasteiger partial charge in [-0.25, -0.2) is 0 Å². The fraction of sp³-hybridized carbons (Fsp3) is 0.0652. The molecule has 0 saturated carbocycles. The Bertz CT molecular complexity index is 3290. The molecule has 0 bridgehead atoms. The number of rotatable bonds is 2. The number of hydrogen-bond donors (Lipinski definition) is 0. The Morgan fingerprint density at radius 1 is 0.623 bits per heavy atom. The molecule has 0 aliphatic carbocycles. The maximum atomic E-state index is 6.90. The Balaban J connectivity index is 1.18. The highest BCUT2D eigenvalue weighted by atomic mass is 16.5. The molecule has 53 heavy (non-hydrogen) atoms. The molecule has 13 rings (SSSR count). The largest absolute Gasteiger partial charge is 0.456 e. The van der Waals surface area contributed by atoms with Crippen molar-refractivity contribution in [2.45, 2.75) is 19.5 Å². The molecule has 5 aromatic carbocycles. The summed E-state index contributed by atoms with van der Waals surface area (Å²) in [4.78, 5) is 5.26. The molecular weight excluding hydrogens is 653 g/mol. The Morgan fingerprint density at radius 2 is 1.36 bits per heavy atom. The zero-order valence-corrected chi connectivity index (χ0v) is 28.9. The van der Waals surface area contributed by atoms with E-state index in [9.17, 15) is 0 Å². The Labute approximate surface area is 303 Å². The summed E-state index contributed by atoms with van der Waals surface area (Å²) < 4.78 is 19.1. The van der Waals surface area contributed by atoms with E-state index in [1.807, 2.05) is 0 Å². The molecule has 10 aromatic rings. The van der Waals surface area contributed by atoms with Gasteiger partial charge in [0.05, 0.1) is 34.2 Å². The smallest absolute Gasteiger partial charge is 0.397 e. The highest BCUT2D eigenvalue weighted by Crippen LogP contribution is 2.56. The molecule has 3 aliphatic heterocycles. The topological polar surface area (TPSA) is 44.7 Å². The molecule has 5 aromatic heterocycles. The van der Waals surface area contributed by atoms with Crippen LogP contribution in [0, 0.1) is 13.8 Å². The summed E-state index contributed by atoms with van der Waals surface area (Å²) in [5.74, 6) is 2.87. The van der Waals surface area contributed by atoms with E-state index < -0.39 is 5.66 Å². The number of hydrogen-bond acceptors (Lipinski definition) is 2. The van der Waals surface area contributed by atoms with Crippen LogP contribution in [0.3, 0.4) is 0 Å². The summed E-state index contributed by atoms with van der Waals surface area (Å²) in [5.41, 5.74) is 12.8. The first kappa shape index (κ1) is 27.7. The van der Waals surface area contributed by atoms with Gasteiger partial charge in [-0.15, -0.1) is 4.68 Å². The van der Waals surface area contributed by atoms with Crippen LogP contribution < -0.4 is 14.0 Å². The molecule has 0 N–H and O–H groups in total. The number of benzene rings is 5. The summed E-state index contributed by atoms with van der Waals surface area (Å²) >= 11 is 0. The minimum Gasteiger partial charge on any atom is -0.456 e. The molecule has 7 heteroatoms. The number of ether oxygens (including phenoxy) is 1. The molecule has 8 heterocycles. The standard InChI is InChI=1S/C46H30N6O/c1-27-42(34-25-38-33(26-47-34)31-16-7-8-17-35(31)49(38)29-13-4-3-5-14-29)28(2)52-46-43-37(51(27)52)19-12-20-39(43)53-40-23-22-32-30-15-6-9-18-36(30)50(45(32)44(40)46)41-21-10-11-24-48(41)46/h3-26H,1-2H3/q+2. The average Bonchev–Trinajstić information content (AvgIpc) is 3.90. The van der Waals surface area contributed by atoms with Gasteiger partial charge in [0.1, 0.15) is 28.3 Å². The van der Waals surface area contributed by atoms with Crippen LogP contribution in [0.5, 0.6) is 11.5 Å². The number of pyridine rings is 2. The zero-order chi connectivity index (χ0) is 34.7. The lowest BCUT2D eigenvalue weighted by atomic mass is 9.84. The maximum absolute atomic E-state index is 6.90. The normalized spacial score (nSPS) is 16.0. The second kappa shape index (κ2) is 9.26. The molecule has 1 unspecified atom stereocenters. The van der Waals surface area contributed by atoms with Gasteiger partial charge in [0.2, 0.25) is 5.69 Å². The van der Waals surface area contributed by atoms with E-state index in [0.29, 0.717) is 0 Å². The number of nitrogens with zero attached hydrogens (tertiary/aromatic N) is 6. The Morgan fingerprint density at radius 3 is 2.21 bits per heavy atom. The molecular formula is C46H30N6O+2. The lowest BCUT2D eigenvalue weighted by Crippen LogP contribution is -2.77. The molecule has 3 aliphatic rings. The van der Waals surface area contributed by atoms with Gasteiger partial charge < -0.3 is 9.30 Å². The van der Waals surface area contributed by atoms with Gasteiger partial charge in [-0.3, -0.25) is 4.98 Å². The first-order valence-electron chi connectivity index (χ1n) is 18.2. The highest BCUT2D eigenvalue weighted by Gasteiger charge is 2.70. The van der Waals surface area contributed by atoms with Crippen molar-refractivity contribution in [1.82, 2.24) is 18.8 Å². The molecule has 0 saturated heterocycles. The number of para-hydroxylation sites is 3. The van der Waals surface area contributed by atoms with E-state index in [-0.39, 0.29) is 0 Å². The van der Waals surface area contributed by atoms with Crippen LogP contribution in [0.1, 0.15) is 22.5 Å². The Kier molecular flexibility index (Phi) is 4.84. The van der Waals surface area contributed by atoms with Crippen molar-refractivity contribution in [2.24, 2.45) is 0 Å². The first-order chi connectivity index (χ1) is 26.2. The highest BCUT2D eigenvalue weighted by molar-refractivity contribution is 6.12. The van der Waals surface area contributed by atoms with E-state index in [0.717, 1.165) is 73.4 Å². The Hall–Kier alpha value is -6.99. The van der Waals surface area contributed by atoms with Crippen LogP contribution in [-0.4, -0.2) is 18.8 Å². The van der Waals surface area contributed by atoms with Crippen LogP contribution in [-0.2, 0) is 5.66 Å². The lowest BCUT2D eigenvalue weighted by Gasteiger charge is -2.33. The molecule has 1 atom stereocenters. The van der Waals surface area contributed by atoms with Crippen LogP contribution >= 0.6 is 0 Å². The number of aromatic nitrogens is 6. The van der Waals surface area contributed by atoms with E-state index in [1.165, 1.54) is 32.7 Å². The monoisotopic (exact) mass is 682 g/mol. The SMILES string of the molecule is Cc1c(-c2cc3c(cn2)c2ccccc2n3-c2ccccc2)c(C)[n+]2n1-c1cccc3c1C21c2c(ccc4c5ccccc5n(c24)-c2cccc[n+]21)O3. The minimum atomic E-state index is -0.754.